The zero-order valence-electron chi connectivity index (χ0n) is 21.4. The molecule has 0 saturated heterocycles. The third-order valence-electron chi connectivity index (χ3n) is 6.60. The number of para-hydroxylation sites is 2. The molecule has 0 bridgehead atoms. The molecular weight excluding hydrogens is 468 g/mol. The van der Waals surface area contributed by atoms with E-state index in [1.165, 1.54) is 0 Å². The van der Waals surface area contributed by atoms with Crippen LogP contribution in [-0.4, -0.2) is 21.4 Å². The third-order valence-corrected chi connectivity index (χ3v) is 6.60. The molecule has 0 unspecified atom stereocenters. The molecule has 4 heteroatoms. The van der Waals surface area contributed by atoms with Gasteiger partial charge in [0.1, 0.15) is 0 Å². The van der Waals surface area contributed by atoms with Gasteiger partial charge in [-0.05, 0) is 37.1 Å². The fourth-order valence-electron chi connectivity index (χ4n) is 4.64. The van der Waals surface area contributed by atoms with E-state index >= 15 is 0 Å². The molecule has 6 rings (SSSR count). The molecule has 186 valence electrons. The first-order valence-electron chi connectivity index (χ1n) is 12.6. The molecule has 38 heavy (non-hydrogen) atoms. The first kappa shape index (κ1) is 25.0. The van der Waals surface area contributed by atoms with Crippen LogP contribution in [0.3, 0.4) is 0 Å². The lowest BCUT2D eigenvalue weighted by Gasteiger charge is -2.10. The first-order valence-corrected chi connectivity index (χ1v) is 12.6. The van der Waals surface area contributed by atoms with Crippen LogP contribution in [0, 0.1) is 13.8 Å². The number of carbonyl (C=O) groups is 1. The summed E-state index contributed by atoms with van der Waals surface area (Å²) < 4.78 is 0. The Balaban J connectivity index is 0.000000155. The number of fused-ring (bicyclic) bond motifs is 2. The van der Waals surface area contributed by atoms with Gasteiger partial charge >= 0.3 is 0 Å². The molecule has 2 aromatic heterocycles. The van der Waals surface area contributed by atoms with Crippen molar-refractivity contribution >= 4 is 28.1 Å². The zero-order valence-corrected chi connectivity index (χ0v) is 21.4. The highest BCUT2D eigenvalue weighted by Gasteiger charge is 2.10. The van der Waals surface area contributed by atoms with Crippen molar-refractivity contribution in [1.82, 2.24) is 9.97 Å². The second-order valence-electron chi connectivity index (χ2n) is 9.22. The van der Waals surface area contributed by atoms with Gasteiger partial charge in [0.05, 0.1) is 29.0 Å². The van der Waals surface area contributed by atoms with Gasteiger partial charge in [-0.2, -0.15) is 0 Å². The summed E-state index contributed by atoms with van der Waals surface area (Å²) in [5.41, 5.74) is 9.33. The molecule has 0 aliphatic carbocycles. The lowest BCUT2D eigenvalue weighted by Crippen LogP contribution is -1.95. The largest absolute Gasteiger partial charge is 0.392 e. The first-order chi connectivity index (χ1) is 18.6. The predicted molar refractivity (Wildman–Crippen MR) is 155 cm³/mol. The maximum Gasteiger partial charge on any atom is 0.152 e. The molecule has 0 aliphatic rings. The molecule has 4 nitrogen and oxygen atoms in total. The average Bonchev–Trinajstić information content (AvgIpc) is 2.97. The van der Waals surface area contributed by atoms with Crippen LogP contribution in [0.5, 0.6) is 0 Å². The van der Waals surface area contributed by atoms with E-state index in [4.69, 9.17) is 4.98 Å². The van der Waals surface area contributed by atoms with Gasteiger partial charge in [-0.1, -0.05) is 97.1 Å². The Hall–Kier alpha value is -4.67. The molecule has 0 aliphatic heterocycles. The Morgan fingerprint density at radius 1 is 0.632 bits per heavy atom. The Morgan fingerprint density at radius 3 is 1.66 bits per heavy atom. The number of hydrogen-bond acceptors (Lipinski definition) is 4. The van der Waals surface area contributed by atoms with Crippen LogP contribution < -0.4 is 0 Å². The van der Waals surface area contributed by atoms with E-state index < -0.39 is 0 Å². The molecule has 0 amide bonds. The molecule has 2 heterocycles. The van der Waals surface area contributed by atoms with Crippen molar-refractivity contribution < 1.29 is 9.90 Å². The summed E-state index contributed by atoms with van der Waals surface area (Å²) >= 11 is 0. The van der Waals surface area contributed by atoms with Gasteiger partial charge in [0, 0.05) is 33.0 Å². The van der Waals surface area contributed by atoms with Crippen molar-refractivity contribution in [3.8, 4) is 22.5 Å². The molecule has 4 aromatic carbocycles. The summed E-state index contributed by atoms with van der Waals surface area (Å²) in [5, 5.41) is 11.6. The fraction of sp³-hybridized carbons (Fsp3) is 0.0882. The summed E-state index contributed by atoms with van der Waals surface area (Å²) in [6, 6.07) is 35.8. The van der Waals surface area contributed by atoms with Crippen molar-refractivity contribution in [2.45, 2.75) is 20.5 Å². The van der Waals surface area contributed by atoms with Gasteiger partial charge in [-0.3, -0.25) is 4.79 Å². The lowest BCUT2D eigenvalue weighted by atomic mass is 10.0. The van der Waals surface area contributed by atoms with Gasteiger partial charge in [0.2, 0.25) is 0 Å². The molecular formula is C34H28N2O2. The van der Waals surface area contributed by atoms with Crippen molar-refractivity contribution in [2.24, 2.45) is 0 Å². The van der Waals surface area contributed by atoms with Crippen LogP contribution in [0.15, 0.2) is 109 Å². The minimum atomic E-state index is 0.00110. The molecule has 0 saturated carbocycles. The van der Waals surface area contributed by atoms with Crippen LogP contribution in [0.25, 0.3) is 44.3 Å². The topological polar surface area (TPSA) is 63.1 Å². The van der Waals surface area contributed by atoms with Gasteiger partial charge in [-0.25, -0.2) is 9.97 Å². The Labute approximate surface area is 222 Å². The second kappa shape index (κ2) is 11.2. The molecule has 0 fully saturated rings. The van der Waals surface area contributed by atoms with E-state index in [1.807, 2.05) is 110 Å². The van der Waals surface area contributed by atoms with Gasteiger partial charge in [0.15, 0.2) is 6.29 Å². The van der Waals surface area contributed by atoms with E-state index in [1.54, 1.807) is 0 Å². The SMILES string of the molecule is Cc1cccc2cc(C=O)c(-c3ccccc3)nc12.Cc1cccc2cc(CO)c(-c3ccccc3)nc12. The number of aromatic nitrogens is 2. The Kier molecular flexibility index (Phi) is 7.34. The number of aliphatic hydroxyl groups is 1. The maximum atomic E-state index is 11.3. The predicted octanol–water partition coefficient (Wildman–Crippen LogP) is 7.73. The number of aldehydes is 1. The average molecular weight is 497 g/mol. The third kappa shape index (κ3) is 5.08. The fourth-order valence-corrected chi connectivity index (χ4v) is 4.64. The minimum absolute atomic E-state index is 0.00110. The lowest BCUT2D eigenvalue weighted by molar-refractivity contribution is 0.112. The molecule has 1 N–H and O–H groups in total. The van der Waals surface area contributed by atoms with Crippen molar-refractivity contribution in [2.75, 3.05) is 0 Å². The Morgan fingerprint density at radius 2 is 1.13 bits per heavy atom. The van der Waals surface area contributed by atoms with Crippen LogP contribution in [0.2, 0.25) is 0 Å². The van der Waals surface area contributed by atoms with E-state index in [0.717, 1.165) is 67.3 Å². The van der Waals surface area contributed by atoms with Crippen LogP contribution in [0.4, 0.5) is 0 Å². The molecule has 0 spiro atoms. The number of aliphatic hydroxyl groups excluding tert-OH is 1. The summed E-state index contributed by atoms with van der Waals surface area (Å²) in [5.74, 6) is 0. The van der Waals surface area contributed by atoms with E-state index in [0.29, 0.717) is 5.56 Å². The van der Waals surface area contributed by atoms with Gasteiger partial charge < -0.3 is 5.11 Å². The highest BCUT2D eigenvalue weighted by Crippen LogP contribution is 2.28. The van der Waals surface area contributed by atoms with Crippen molar-refractivity contribution in [1.29, 1.82) is 0 Å². The molecule has 0 atom stereocenters. The number of aryl methyl sites for hydroxylation is 2. The number of benzene rings is 4. The van der Waals surface area contributed by atoms with Crippen LogP contribution in [0.1, 0.15) is 27.0 Å². The highest BCUT2D eigenvalue weighted by molar-refractivity contribution is 5.94. The normalized spacial score (nSPS) is 10.7. The summed E-state index contributed by atoms with van der Waals surface area (Å²) in [6.07, 6.45) is 0.872. The summed E-state index contributed by atoms with van der Waals surface area (Å²) in [4.78, 5) is 20.7. The number of nitrogens with zero attached hydrogens (tertiary/aromatic N) is 2. The maximum absolute atomic E-state index is 11.3. The van der Waals surface area contributed by atoms with Crippen LogP contribution in [-0.2, 0) is 6.61 Å². The summed E-state index contributed by atoms with van der Waals surface area (Å²) in [6.45, 7) is 4.09. The smallest absolute Gasteiger partial charge is 0.152 e. The van der Waals surface area contributed by atoms with E-state index in [2.05, 4.69) is 18.0 Å². The number of pyridine rings is 2. The quantitative estimate of drug-likeness (QED) is 0.254. The van der Waals surface area contributed by atoms with Gasteiger partial charge in [-0.15, -0.1) is 0 Å². The number of rotatable bonds is 4. The molecule has 6 aromatic rings. The standard InChI is InChI=1S/C17H15NO.C17H13NO/c2*1-12-6-5-9-14-10-15(11-19)17(18-16(12)14)13-7-3-2-4-8-13/h2-10,19H,11H2,1H3;2-11H,1H3. The Bertz CT molecular complexity index is 1730. The zero-order chi connectivity index (χ0) is 26.5. The van der Waals surface area contributed by atoms with E-state index in [9.17, 15) is 9.90 Å². The van der Waals surface area contributed by atoms with Crippen molar-refractivity contribution in [3.63, 3.8) is 0 Å². The van der Waals surface area contributed by atoms with Crippen LogP contribution >= 0.6 is 0 Å². The minimum Gasteiger partial charge on any atom is -0.392 e. The number of carbonyl (C=O) groups excluding carboxylic acids is 1. The monoisotopic (exact) mass is 496 g/mol. The van der Waals surface area contributed by atoms with Crippen molar-refractivity contribution in [3.05, 3.63) is 131 Å². The van der Waals surface area contributed by atoms with E-state index in [-0.39, 0.29) is 6.61 Å². The summed E-state index contributed by atoms with van der Waals surface area (Å²) in [7, 11) is 0. The highest BCUT2D eigenvalue weighted by atomic mass is 16.3. The number of hydrogen-bond donors (Lipinski definition) is 1. The second-order valence-corrected chi connectivity index (χ2v) is 9.22. The van der Waals surface area contributed by atoms with Gasteiger partial charge in [0.25, 0.3) is 0 Å². The molecule has 0 radical (unpaired) electrons.